The summed E-state index contributed by atoms with van der Waals surface area (Å²) in [4.78, 5) is 13.9. The molecule has 0 aromatic heterocycles. The molecule has 0 aliphatic heterocycles. The van der Waals surface area contributed by atoms with Crippen molar-refractivity contribution < 1.29 is 4.79 Å². The molecule has 1 amide bonds. The average Bonchev–Trinajstić information content (AvgIpc) is 2.49. The fourth-order valence-corrected chi connectivity index (χ4v) is 2.23. The molecule has 0 radical (unpaired) electrons. The number of nitrogen functional groups attached to an aromatic ring is 1. The molecule has 0 spiro atoms. The maximum Gasteiger partial charge on any atom is 0.222 e. The van der Waals surface area contributed by atoms with E-state index in [0.29, 0.717) is 13.0 Å². The van der Waals surface area contributed by atoms with Crippen LogP contribution in [0.4, 0.5) is 5.69 Å². The fraction of sp³-hybridized carbons (Fsp3) is 0.278. The van der Waals surface area contributed by atoms with Crippen LogP contribution in [0.3, 0.4) is 0 Å². The van der Waals surface area contributed by atoms with Crippen molar-refractivity contribution in [3.63, 3.8) is 0 Å². The van der Waals surface area contributed by atoms with E-state index >= 15 is 0 Å². The average molecular weight is 282 g/mol. The Kier molecular flexibility index (Phi) is 4.99. The summed E-state index contributed by atoms with van der Waals surface area (Å²) in [6.45, 7) is 2.63. The van der Waals surface area contributed by atoms with Gasteiger partial charge in [0, 0.05) is 25.7 Å². The molecular weight excluding hydrogens is 260 g/mol. The number of benzene rings is 2. The van der Waals surface area contributed by atoms with Crippen molar-refractivity contribution in [1.82, 2.24) is 4.90 Å². The minimum absolute atomic E-state index is 0.151. The van der Waals surface area contributed by atoms with Gasteiger partial charge in [0.05, 0.1) is 0 Å². The number of nitrogens with two attached hydrogens (primary N) is 1. The van der Waals surface area contributed by atoms with E-state index in [1.807, 2.05) is 62.5 Å². The molecule has 2 aromatic rings. The molecule has 2 N–H and O–H groups in total. The fourth-order valence-electron chi connectivity index (χ4n) is 2.23. The number of hydrogen-bond donors (Lipinski definition) is 1. The Morgan fingerprint density at radius 3 is 2.48 bits per heavy atom. The minimum atomic E-state index is 0.151. The Labute approximate surface area is 126 Å². The van der Waals surface area contributed by atoms with Gasteiger partial charge in [-0.1, -0.05) is 42.5 Å². The summed E-state index contributed by atoms with van der Waals surface area (Å²) in [7, 11) is 1.85. The highest BCUT2D eigenvalue weighted by Gasteiger charge is 2.09. The number of aryl methyl sites for hydroxylation is 2. The number of hydrogen-bond acceptors (Lipinski definition) is 2. The lowest BCUT2D eigenvalue weighted by Gasteiger charge is -2.17. The minimum Gasteiger partial charge on any atom is -0.399 e. The number of rotatable bonds is 5. The SMILES string of the molecule is Cc1ccc(CCC(=O)N(C)Cc2ccccc2)cc1N. The van der Waals surface area contributed by atoms with Crippen molar-refractivity contribution in [2.24, 2.45) is 0 Å². The summed E-state index contributed by atoms with van der Waals surface area (Å²) in [6.07, 6.45) is 1.23. The molecule has 0 fully saturated rings. The molecule has 3 nitrogen and oxygen atoms in total. The van der Waals surface area contributed by atoms with E-state index in [4.69, 9.17) is 5.73 Å². The maximum atomic E-state index is 12.2. The lowest BCUT2D eigenvalue weighted by Crippen LogP contribution is -2.26. The molecule has 0 saturated heterocycles. The second-order valence-electron chi connectivity index (χ2n) is 5.43. The van der Waals surface area contributed by atoms with Gasteiger partial charge in [-0.15, -0.1) is 0 Å². The first-order valence-electron chi connectivity index (χ1n) is 7.19. The summed E-state index contributed by atoms with van der Waals surface area (Å²) in [5.41, 5.74) is 10.0. The number of anilines is 1. The quantitative estimate of drug-likeness (QED) is 0.856. The third kappa shape index (κ3) is 4.35. The Hall–Kier alpha value is -2.29. The van der Waals surface area contributed by atoms with Gasteiger partial charge < -0.3 is 10.6 Å². The summed E-state index contributed by atoms with van der Waals surface area (Å²) in [5, 5.41) is 0. The van der Waals surface area contributed by atoms with Crippen molar-refractivity contribution in [2.45, 2.75) is 26.3 Å². The smallest absolute Gasteiger partial charge is 0.222 e. The highest BCUT2D eigenvalue weighted by atomic mass is 16.2. The Morgan fingerprint density at radius 2 is 1.81 bits per heavy atom. The Balaban J connectivity index is 1.87. The van der Waals surface area contributed by atoms with Crippen LogP contribution in [-0.4, -0.2) is 17.9 Å². The lowest BCUT2D eigenvalue weighted by molar-refractivity contribution is -0.130. The second kappa shape index (κ2) is 6.93. The van der Waals surface area contributed by atoms with Gasteiger partial charge in [0.1, 0.15) is 0 Å². The first-order chi connectivity index (χ1) is 10.1. The Bertz CT molecular complexity index is 608. The van der Waals surface area contributed by atoms with Crippen molar-refractivity contribution in [1.29, 1.82) is 0 Å². The molecule has 21 heavy (non-hydrogen) atoms. The molecule has 0 aliphatic carbocycles. The topological polar surface area (TPSA) is 46.3 Å². The van der Waals surface area contributed by atoms with Gasteiger partial charge in [-0.3, -0.25) is 4.79 Å². The van der Waals surface area contributed by atoms with Crippen LogP contribution in [0.1, 0.15) is 23.1 Å². The zero-order chi connectivity index (χ0) is 15.2. The number of carbonyl (C=O) groups is 1. The van der Waals surface area contributed by atoms with E-state index in [0.717, 1.165) is 28.8 Å². The van der Waals surface area contributed by atoms with Gasteiger partial charge in [0.2, 0.25) is 5.91 Å². The summed E-state index contributed by atoms with van der Waals surface area (Å²) < 4.78 is 0. The predicted octanol–water partition coefficient (Wildman–Crippen LogP) is 3.17. The van der Waals surface area contributed by atoms with Crippen molar-refractivity contribution in [2.75, 3.05) is 12.8 Å². The van der Waals surface area contributed by atoms with Crippen molar-refractivity contribution >= 4 is 11.6 Å². The highest BCUT2D eigenvalue weighted by molar-refractivity contribution is 5.76. The molecule has 0 heterocycles. The first kappa shape index (κ1) is 15.1. The zero-order valence-corrected chi connectivity index (χ0v) is 12.7. The summed E-state index contributed by atoms with van der Waals surface area (Å²) in [5.74, 6) is 0.151. The summed E-state index contributed by atoms with van der Waals surface area (Å²) >= 11 is 0. The normalized spacial score (nSPS) is 10.4. The number of amides is 1. The van der Waals surface area contributed by atoms with Crippen LogP contribution in [-0.2, 0) is 17.8 Å². The van der Waals surface area contributed by atoms with Crippen molar-refractivity contribution in [3.05, 3.63) is 65.2 Å². The Morgan fingerprint density at radius 1 is 1.10 bits per heavy atom. The molecule has 0 aliphatic rings. The third-order valence-electron chi connectivity index (χ3n) is 3.66. The van der Waals surface area contributed by atoms with E-state index in [9.17, 15) is 4.79 Å². The van der Waals surface area contributed by atoms with E-state index in [2.05, 4.69) is 0 Å². The second-order valence-corrected chi connectivity index (χ2v) is 5.43. The van der Waals surface area contributed by atoms with Crippen LogP contribution in [0.5, 0.6) is 0 Å². The van der Waals surface area contributed by atoms with Crippen LogP contribution in [0.25, 0.3) is 0 Å². The van der Waals surface area contributed by atoms with Gasteiger partial charge in [0.15, 0.2) is 0 Å². The van der Waals surface area contributed by atoms with Crippen LogP contribution < -0.4 is 5.73 Å². The zero-order valence-electron chi connectivity index (χ0n) is 12.7. The van der Waals surface area contributed by atoms with E-state index in [1.165, 1.54) is 0 Å². The monoisotopic (exact) mass is 282 g/mol. The largest absolute Gasteiger partial charge is 0.399 e. The molecule has 2 aromatic carbocycles. The lowest BCUT2D eigenvalue weighted by atomic mass is 10.1. The van der Waals surface area contributed by atoms with Gasteiger partial charge in [-0.2, -0.15) is 0 Å². The van der Waals surface area contributed by atoms with E-state index in [1.54, 1.807) is 4.90 Å². The van der Waals surface area contributed by atoms with Gasteiger partial charge in [-0.25, -0.2) is 0 Å². The predicted molar refractivity (Wildman–Crippen MR) is 86.8 cm³/mol. The van der Waals surface area contributed by atoms with E-state index < -0.39 is 0 Å². The number of carbonyl (C=O) groups excluding carboxylic acids is 1. The van der Waals surface area contributed by atoms with Crippen LogP contribution >= 0.6 is 0 Å². The van der Waals surface area contributed by atoms with Crippen LogP contribution in [0.2, 0.25) is 0 Å². The number of nitrogens with zero attached hydrogens (tertiary/aromatic N) is 1. The van der Waals surface area contributed by atoms with Gasteiger partial charge in [0.25, 0.3) is 0 Å². The van der Waals surface area contributed by atoms with Gasteiger partial charge in [-0.05, 0) is 36.1 Å². The molecule has 0 saturated carbocycles. The van der Waals surface area contributed by atoms with Crippen LogP contribution in [0, 0.1) is 6.92 Å². The molecule has 0 bridgehead atoms. The van der Waals surface area contributed by atoms with Crippen molar-refractivity contribution in [3.8, 4) is 0 Å². The third-order valence-corrected chi connectivity index (χ3v) is 3.66. The summed E-state index contributed by atoms with van der Waals surface area (Å²) in [6, 6.07) is 16.0. The molecule has 0 unspecified atom stereocenters. The standard InChI is InChI=1S/C18H22N2O/c1-14-8-9-15(12-17(14)19)10-11-18(21)20(2)13-16-6-4-3-5-7-16/h3-9,12H,10-11,13,19H2,1-2H3. The molecule has 2 rings (SSSR count). The maximum absolute atomic E-state index is 12.2. The molecule has 110 valence electrons. The molecule has 0 atom stereocenters. The van der Waals surface area contributed by atoms with Gasteiger partial charge >= 0.3 is 0 Å². The first-order valence-corrected chi connectivity index (χ1v) is 7.19. The molecular formula is C18H22N2O. The van der Waals surface area contributed by atoms with E-state index in [-0.39, 0.29) is 5.91 Å². The highest BCUT2D eigenvalue weighted by Crippen LogP contribution is 2.15. The van der Waals surface area contributed by atoms with Crippen LogP contribution in [0.15, 0.2) is 48.5 Å². The molecule has 3 heteroatoms.